The van der Waals surface area contributed by atoms with Gasteiger partial charge in [0.15, 0.2) is 0 Å². The molecule has 0 aromatic heterocycles. The molecule has 2 heterocycles. The molecule has 0 radical (unpaired) electrons. The van der Waals surface area contributed by atoms with E-state index in [1.807, 2.05) is 4.90 Å². The fraction of sp³-hybridized carbons (Fsp3) is 0.800. The first-order valence-electron chi connectivity index (χ1n) is 5.28. The van der Waals surface area contributed by atoms with Gasteiger partial charge in [0.1, 0.15) is 0 Å². The van der Waals surface area contributed by atoms with Crippen LogP contribution in [0.15, 0.2) is 0 Å². The van der Waals surface area contributed by atoms with E-state index in [-0.39, 0.29) is 30.4 Å². The molecule has 0 bridgehead atoms. The summed E-state index contributed by atoms with van der Waals surface area (Å²) in [4.78, 5) is 26.3. The lowest BCUT2D eigenvalue weighted by Crippen LogP contribution is -2.39. The van der Waals surface area contributed by atoms with Crippen molar-refractivity contribution < 1.29 is 14.7 Å². The van der Waals surface area contributed by atoms with Gasteiger partial charge in [-0.3, -0.25) is 19.4 Å². The van der Waals surface area contributed by atoms with Crippen molar-refractivity contribution in [2.24, 2.45) is 5.92 Å². The fourth-order valence-corrected chi connectivity index (χ4v) is 2.32. The van der Waals surface area contributed by atoms with Gasteiger partial charge in [-0.15, -0.1) is 0 Å². The Balaban J connectivity index is 2.01. The lowest BCUT2D eigenvalue weighted by Gasteiger charge is -2.21. The number of aliphatic hydroxyl groups excluding tert-OH is 1. The predicted octanol–water partition coefficient (Wildman–Crippen LogP) is -0.942. The molecular formula is C10H16N2O3. The summed E-state index contributed by atoms with van der Waals surface area (Å²) in [6.45, 7) is 1.71. The van der Waals surface area contributed by atoms with Crippen molar-refractivity contribution in [3.05, 3.63) is 0 Å². The van der Waals surface area contributed by atoms with Gasteiger partial charge in [0.05, 0.1) is 12.5 Å². The minimum Gasteiger partial charge on any atom is -0.396 e. The maximum atomic E-state index is 11.7. The number of nitrogens with zero attached hydrogens (tertiary/aromatic N) is 2. The molecule has 5 heteroatoms. The Morgan fingerprint density at radius 3 is 2.67 bits per heavy atom. The van der Waals surface area contributed by atoms with Gasteiger partial charge in [-0.1, -0.05) is 0 Å². The van der Waals surface area contributed by atoms with Gasteiger partial charge in [-0.25, -0.2) is 0 Å². The second-order valence-electron chi connectivity index (χ2n) is 4.34. The maximum absolute atomic E-state index is 11.7. The molecule has 15 heavy (non-hydrogen) atoms. The summed E-state index contributed by atoms with van der Waals surface area (Å²) in [5.74, 6) is 0.0647. The van der Waals surface area contributed by atoms with Crippen LogP contribution in [0.3, 0.4) is 0 Å². The van der Waals surface area contributed by atoms with Gasteiger partial charge in [0, 0.05) is 20.2 Å². The zero-order valence-corrected chi connectivity index (χ0v) is 8.85. The number of hydrogen-bond acceptors (Lipinski definition) is 4. The SMILES string of the molecule is CN1C(=O)CC(N2CCC(CO)C2)C1=O. The third kappa shape index (κ3) is 1.77. The van der Waals surface area contributed by atoms with E-state index in [0.29, 0.717) is 6.42 Å². The van der Waals surface area contributed by atoms with Crippen LogP contribution in [0.2, 0.25) is 0 Å². The molecule has 2 unspecified atom stereocenters. The van der Waals surface area contributed by atoms with Crippen LogP contribution in [0.1, 0.15) is 12.8 Å². The van der Waals surface area contributed by atoms with Crippen LogP contribution in [-0.4, -0.2) is 59.5 Å². The molecule has 2 aliphatic rings. The van der Waals surface area contributed by atoms with Crippen LogP contribution in [0, 0.1) is 5.92 Å². The molecule has 2 rings (SSSR count). The van der Waals surface area contributed by atoms with Crippen molar-refractivity contribution in [2.75, 3.05) is 26.7 Å². The van der Waals surface area contributed by atoms with E-state index in [0.717, 1.165) is 19.5 Å². The molecule has 0 aromatic rings. The zero-order valence-electron chi connectivity index (χ0n) is 8.85. The summed E-state index contributed by atoms with van der Waals surface area (Å²) in [5, 5.41) is 9.01. The monoisotopic (exact) mass is 212 g/mol. The van der Waals surface area contributed by atoms with Gasteiger partial charge < -0.3 is 5.11 Å². The second-order valence-corrected chi connectivity index (χ2v) is 4.34. The smallest absolute Gasteiger partial charge is 0.246 e. The van der Waals surface area contributed by atoms with Crippen molar-refractivity contribution in [2.45, 2.75) is 18.9 Å². The first-order valence-corrected chi connectivity index (χ1v) is 5.28. The number of carbonyl (C=O) groups is 2. The van der Waals surface area contributed by atoms with Crippen molar-refractivity contribution in [3.63, 3.8) is 0 Å². The largest absolute Gasteiger partial charge is 0.396 e. The molecule has 2 amide bonds. The summed E-state index contributed by atoms with van der Waals surface area (Å²) in [6, 6.07) is -0.279. The molecule has 5 nitrogen and oxygen atoms in total. The molecule has 1 N–H and O–H groups in total. The molecule has 84 valence electrons. The van der Waals surface area contributed by atoms with Crippen molar-refractivity contribution >= 4 is 11.8 Å². The van der Waals surface area contributed by atoms with E-state index in [2.05, 4.69) is 0 Å². The van der Waals surface area contributed by atoms with Crippen molar-refractivity contribution in [3.8, 4) is 0 Å². The van der Waals surface area contributed by atoms with E-state index >= 15 is 0 Å². The first kappa shape index (κ1) is 10.6. The highest BCUT2D eigenvalue weighted by Crippen LogP contribution is 2.24. The Bertz CT molecular complexity index is 292. The summed E-state index contributed by atoms with van der Waals surface area (Å²) in [6.07, 6.45) is 1.21. The average molecular weight is 212 g/mol. The normalized spacial score (nSPS) is 33.1. The van der Waals surface area contributed by atoms with Gasteiger partial charge >= 0.3 is 0 Å². The fourth-order valence-electron chi connectivity index (χ4n) is 2.32. The second kappa shape index (κ2) is 3.90. The standard InChI is InChI=1S/C10H16N2O3/c1-11-9(14)4-8(10(11)15)12-3-2-7(5-12)6-13/h7-8,13H,2-6H2,1H3. The number of imide groups is 1. The molecule has 2 atom stereocenters. The number of aliphatic hydroxyl groups is 1. The summed E-state index contributed by atoms with van der Waals surface area (Å²) < 4.78 is 0. The lowest BCUT2D eigenvalue weighted by molar-refractivity contribution is -0.138. The van der Waals surface area contributed by atoms with E-state index in [1.165, 1.54) is 11.9 Å². The van der Waals surface area contributed by atoms with E-state index in [1.54, 1.807) is 0 Å². The van der Waals surface area contributed by atoms with E-state index in [4.69, 9.17) is 5.11 Å². The third-order valence-electron chi connectivity index (χ3n) is 3.37. The average Bonchev–Trinajstić information content (AvgIpc) is 2.79. The molecular weight excluding hydrogens is 196 g/mol. The van der Waals surface area contributed by atoms with Gasteiger partial charge in [0.2, 0.25) is 11.8 Å². The maximum Gasteiger partial charge on any atom is 0.246 e. The van der Waals surface area contributed by atoms with Crippen molar-refractivity contribution in [1.29, 1.82) is 0 Å². The van der Waals surface area contributed by atoms with E-state index in [9.17, 15) is 9.59 Å². The quantitative estimate of drug-likeness (QED) is 0.600. The first-order chi connectivity index (χ1) is 7.13. The van der Waals surface area contributed by atoms with Gasteiger partial charge in [-0.2, -0.15) is 0 Å². The number of rotatable bonds is 2. The van der Waals surface area contributed by atoms with Crippen LogP contribution in [0.25, 0.3) is 0 Å². The number of likely N-dealkylation sites (tertiary alicyclic amines) is 2. The minimum atomic E-state index is -0.279. The van der Waals surface area contributed by atoms with Crippen LogP contribution < -0.4 is 0 Å². The molecule has 2 aliphatic heterocycles. The molecule has 0 saturated carbocycles. The number of hydrogen-bond donors (Lipinski definition) is 1. The number of carbonyl (C=O) groups excluding carboxylic acids is 2. The van der Waals surface area contributed by atoms with Crippen LogP contribution in [-0.2, 0) is 9.59 Å². The number of likely N-dealkylation sites (N-methyl/N-ethyl adjacent to an activating group) is 1. The van der Waals surface area contributed by atoms with Crippen LogP contribution in [0.5, 0.6) is 0 Å². The number of amides is 2. The molecule has 0 aliphatic carbocycles. The van der Waals surface area contributed by atoms with Crippen LogP contribution >= 0.6 is 0 Å². The lowest BCUT2D eigenvalue weighted by atomic mass is 10.1. The van der Waals surface area contributed by atoms with Gasteiger partial charge in [0.25, 0.3) is 0 Å². The highest BCUT2D eigenvalue weighted by atomic mass is 16.3. The molecule has 2 fully saturated rings. The Hall–Kier alpha value is -0.940. The van der Waals surface area contributed by atoms with Gasteiger partial charge in [-0.05, 0) is 18.9 Å². The Morgan fingerprint density at radius 2 is 2.20 bits per heavy atom. The zero-order chi connectivity index (χ0) is 11.0. The molecule has 2 saturated heterocycles. The predicted molar refractivity (Wildman–Crippen MR) is 52.9 cm³/mol. The summed E-state index contributed by atoms with van der Waals surface area (Å²) >= 11 is 0. The third-order valence-corrected chi connectivity index (χ3v) is 3.37. The minimum absolute atomic E-state index is 0.0985. The molecule has 0 aromatic carbocycles. The highest BCUT2D eigenvalue weighted by Gasteiger charge is 2.41. The highest BCUT2D eigenvalue weighted by molar-refractivity contribution is 6.05. The Morgan fingerprint density at radius 1 is 1.47 bits per heavy atom. The molecule has 0 spiro atoms. The van der Waals surface area contributed by atoms with Crippen molar-refractivity contribution in [1.82, 2.24) is 9.80 Å². The summed E-state index contributed by atoms with van der Waals surface area (Å²) in [5.41, 5.74) is 0. The van der Waals surface area contributed by atoms with Crippen LogP contribution in [0.4, 0.5) is 0 Å². The summed E-state index contributed by atoms with van der Waals surface area (Å²) in [7, 11) is 1.53. The Labute approximate surface area is 88.6 Å². The Kier molecular flexibility index (Phi) is 2.75. The topological polar surface area (TPSA) is 60.9 Å². The van der Waals surface area contributed by atoms with E-state index < -0.39 is 0 Å².